The van der Waals surface area contributed by atoms with Gasteiger partial charge < -0.3 is 10.0 Å². The minimum atomic E-state index is -1.81. The Morgan fingerprint density at radius 1 is 1.33 bits per heavy atom. The van der Waals surface area contributed by atoms with Gasteiger partial charge in [-0.05, 0) is 13.0 Å². The molecule has 3 aromatic rings. The zero-order chi connectivity index (χ0) is 24.0. The van der Waals surface area contributed by atoms with Crippen molar-refractivity contribution >= 4 is 34.0 Å². The molecule has 174 valence electrons. The number of rotatable bonds is 9. The highest BCUT2D eigenvalue weighted by atomic mass is 32.2. The molecule has 1 atom stereocenters. The Morgan fingerprint density at radius 3 is 2.73 bits per heavy atom. The molecule has 2 aromatic carbocycles. The summed E-state index contributed by atoms with van der Waals surface area (Å²) in [6.45, 7) is 1.93. The van der Waals surface area contributed by atoms with Crippen LogP contribution in [0.4, 0.5) is 14.5 Å². The molecule has 0 fully saturated rings. The van der Waals surface area contributed by atoms with E-state index in [0.717, 1.165) is 6.07 Å². The van der Waals surface area contributed by atoms with Crippen LogP contribution < -0.4 is 0 Å². The highest BCUT2D eigenvalue weighted by Crippen LogP contribution is 2.30. The number of nitrogens with zero attached hydrogens (tertiary/aromatic N) is 5. The van der Waals surface area contributed by atoms with Crippen molar-refractivity contribution in [2.75, 3.05) is 13.1 Å². The first-order valence-electron chi connectivity index (χ1n) is 9.88. The van der Waals surface area contributed by atoms with Gasteiger partial charge in [0.2, 0.25) is 0 Å². The van der Waals surface area contributed by atoms with E-state index in [1.165, 1.54) is 41.2 Å². The SMILES string of the molecule is CCN(CC(O)(Cn1cncn1)c1ccc(F)cc1F)C(=S)SCc1ccccc1[N+](=O)[O-]. The Hall–Kier alpha value is -2.96. The molecule has 0 spiro atoms. The number of halogens is 2. The Kier molecular flexibility index (Phi) is 8.06. The molecule has 0 radical (unpaired) electrons. The van der Waals surface area contributed by atoms with E-state index in [0.29, 0.717) is 22.5 Å². The molecule has 0 saturated heterocycles. The second-order valence-electron chi connectivity index (χ2n) is 7.20. The second-order valence-corrected chi connectivity index (χ2v) is 8.81. The Morgan fingerprint density at radius 2 is 2.09 bits per heavy atom. The normalized spacial score (nSPS) is 12.8. The Labute approximate surface area is 198 Å². The predicted octanol–water partition coefficient (Wildman–Crippen LogP) is 3.89. The van der Waals surface area contributed by atoms with Crippen molar-refractivity contribution in [1.82, 2.24) is 19.7 Å². The van der Waals surface area contributed by atoms with E-state index in [9.17, 15) is 24.0 Å². The maximum atomic E-state index is 14.7. The van der Waals surface area contributed by atoms with E-state index in [1.54, 1.807) is 23.1 Å². The monoisotopic (exact) mass is 493 g/mol. The van der Waals surface area contributed by atoms with Gasteiger partial charge in [-0.15, -0.1) is 0 Å². The number of para-hydroxylation sites is 1. The molecule has 0 bridgehead atoms. The van der Waals surface area contributed by atoms with E-state index in [4.69, 9.17) is 12.2 Å². The molecule has 1 N–H and O–H groups in total. The van der Waals surface area contributed by atoms with Crippen LogP contribution in [0.3, 0.4) is 0 Å². The van der Waals surface area contributed by atoms with Crippen molar-refractivity contribution in [3.05, 3.63) is 88.0 Å². The highest BCUT2D eigenvalue weighted by molar-refractivity contribution is 8.22. The number of thioether (sulfide) groups is 1. The number of nitro benzene ring substituents is 1. The van der Waals surface area contributed by atoms with Crippen molar-refractivity contribution in [3.8, 4) is 0 Å². The van der Waals surface area contributed by atoms with Crippen LogP contribution in [0.5, 0.6) is 0 Å². The number of benzene rings is 2. The minimum Gasteiger partial charge on any atom is -0.381 e. The summed E-state index contributed by atoms with van der Waals surface area (Å²) in [7, 11) is 0. The van der Waals surface area contributed by atoms with Gasteiger partial charge in [0.1, 0.15) is 34.2 Å². The molecule has 12 heteroatoms. The molecule has 33 heavy (non-hydrogen) atoms. The first kappa shape index (κ1) is 24.7. The summed E-state index contributed by atoms with van der Waals surface area (Å²) in [4.78, 5) is 16.3. The lowest BCUT2D eigenvalue weighted by molar-refractivity contribution is -0.385. The molecule has 0 amide bonds. The van der Waals surface area contributed by atoms with Crippen molar-refractivity contribution < 1.29 is 18.8 Å². The predicted molar refractivity (Wildman–Crippen MR) is 125 cm³/mol. The van der Waals surface area contributed by atoms with Gasteiger partial charge >= 0.3 is 0 Å². The van der Waals surface area contributed by atoms with Gasteiger partial charge in [-0.2, -0.15) is 5.10 Å². The Balaban J connectivity index is 1.83. The van der Waals surface area contributed by atoms with Gasteiger partial charge in [0.05, 0.1) is 18.0 Å². The average Bonchev–Trinajstić information content (AvgIpc) is 3.28. The molecule has 8 nitrogen and oxygen atoms in total. The average molecular weight is 494 g/mol. The van der Waals surface area contributed by atoms with Crippen LogP contribution >= 0.6 is 24.0 Å². The number of aliphatic hydroxyl groups is 1. The van der Waals surface area contributed by atoms with E-state index >= 15 is 0 Å². The van der Waals surface area contributed by atoms with E-state index in [-0.39, 0.29) is 30.1 Å². The van der Waals surface area contributed by atoms with Gasteiger partial charge in [-0.1, -0.05) is 48.2 Å². The summed E-state index contributed by atoms with van der Waals surface area (Å²) < 4.78 is 29.9. The van der Waals surface area contributed by atoms with Gasteiger partial charge in [-0.25, -0.2) is 18.4 Å². The third-order valence-electron chi connectivity index (χ3n) is 4.95. The molecule has 0 saturated carbocycles. The van der Waals surface area contributed by atoms with Gasteiger partial charge in [0.15, 0.2) is 0 Å². The number of nitro groups is 1. The fourth-order valence-electron chi connectivity index (χ4n) is 3.33. The second kappa shape index (κ2) is 10.8. The van der Waals surface area contributed by atoms with Crippen LogP contribution in [0.2, 0.25) is 0 Å². The fourth-order valence-corrected chi connectivity index (χ4v) is 4.60. The third-order valence-corrected chi connectivity index (χ3v) is 6.53. The first-order chi connectivity index (χ1) is 15.7. The minimum absolute atomic E-state index is 0.00748. The van der Waals surface area contributed by atoms with Crippen molar-refractivity contribution in [3.63, 3.8) is 0 Å². The lowest BCUT2D eigenvalue weighted by atomic mass is 9.92. The summed E-state index contributed by atoms with van der Waals surface area (Å²) in [6, 6.07) is 9.34. The van der Waals surface area contributed by atoms with Crippen molar-refractivity contribution in [2.24, 2.45) is 0 Å². The zero-order valence-corrected chi connectivity index (χ0v) is 19.2. The zero-order valence-electron chi connectivity index (χ0n) is 17.6. The molecule has 1 aromatic heterocycles. The van der Waals surface area contributed by atoms with Crippen molar-refractivity contribution in [2.45, 2.75) is 24.8 Å². The van der Waals surface area contributed by atoms with E-state index in [1.807, 2.05) is 6.92 Å². The molecular weight excluding hydrogens is 472 g/mol. The summed E-state index contributed by atoms with van der Waals surface area (Å²) in [5, 5.41) is 26.8. The quantitative estimate of drug-likeness (QED) is 0.272. The molecule has 3 rings (SSSR count). The van der Waals surface area contributed by atoms with E-state index in [2.05, 4.69) is 10.1 Å². The summed E-state index contributed by atoms with van der Waals surface area (Å²) in [5.41, 5.74) is -1.42. The van der Waals surface area contributed by atoms with Crippen LogP contribution in [0.15, 0.2) is 55.1 Å². The van der Waals surface area contributed by atoms with E-state index < -0.39 is 22.2 Å². The first-order valence-corrected chi connectivity index (χ1v) is 11.3. The smallest absolute Gasteiger partial charge is 0.273 e. The number of thiocarbonyl (C=S) groups is 1. The lowest BCUT2D eigenvalue weighted by Gasteiger charge is -2.35. The topological polar surface area (TPSA) is 97.3 Å². The van der Waals surface area contributed by atoms with Crippen LogP contribution in [-0.2, 0) is 17.9 Å². The number of hydrogen-bond donors (Lipinski definition) is 1. The van der Waals surface area contributed by atoms with Gasteiger partial charge in [0.25, 0.3) is 5.69 Å². The molecule has 1 unspecified atom stereocenters. The van der Waals surface area contributed by atoms with Gasteiger partial charge in [-0.3, -0.25) is 10.1 Å². The molecule has 0 aliphatic heterocycles. The molecule has 0 aliphatic carbocycles. The fraction of sp³-hybridized carbons (Fsp3) is 0.286. The summed E-state index contributed by atoms with van der Waals surface area (Å²) in [5.74, 6) is -1.41. The van der Waals surface area contributed by atoms with Gasteiger partial charge in [0, 0.05) is 35.6 Å². The number of hydrogen-bond acceptors (Lipinski definition) is 7. The van der Waals surface area contributed by atoms with Crippen LogP contribution in [-0.4, -0.2) is 47.1 Å². The standard InChI is InChI=1S/C21H21F2N5O3S2/c1-2-26(20(32)33-10-15-5-3-4-6-19(15)28(30)31)11-21(29,12-27-14-24-13-25-27)17-8-7-16(22)9-18(17)23/h3-9,13-14,29H,2,10-12H2,1H3. The van der Waals surface area contributed by atoms with Crippen LogP contribution in [0.25, 0.3) is 0 Å². The van der Waals surface area contributed by atoms with Crippen LogP contribution in [0.1, 0.15) is 18.1 Å². The maximum absolute atomic E-state index is 14.7. The number of likely N-dealkylation sites (N-methyl/N-ethyl adjacent to an activating group) is 1. The summed E-state index contributed by atoms with van der Waals surface area (Å²) in [6.07, 6.45) is 2.66. The molecule has 0 aliphatic rings. The molecular formula is C21H21F2N5O3S2. The molecule has 1 heterocycles. The summed E-state index contributed by atoms with van der Waals surface area (Å²) >= 11 is 6.72. The van der Waals surface area contributed by atoms with Crippen molar-refractivity contribution in [1.29, 1.82) is 0 Å². The lowest BCUT2D eigenvalue weighted by Crippen LogP contribution is -2.46. The largest absolute Gasteiger partial charge is 0.381 e. The van der Waals surface area contributed by atoms with Crippen LogP contribution in [0, 0.1) is 21.7 Å². The number of aromatic nitrogens is 3. The Bertz CT molecular complexity index is 1130. The maximum Gasteiger partial charge on any atom is 0.273 e. The highest BCUT2D eigenvalue weighted by Gasteiger charge is 2.36. The third kappa shape index (κ3) is 6.09.